The van der Waals surface area contributed by atoms with Crippen LogP contribution in [0.1, 0.15) is 18.2 Å². The van der Waals surface area contributed by atoms with Crippen molar-refractivity contribution in [2.45, 2.75) is 19.0 Å². The zero-order chi connectivity index (χ0) is 15.1. The molecule has 2 aromatic heterocycles. The number of rotatable bonds is 2. The average Bonchev–Trinajstić information content (AvgIpc) is 2.70. The highest BCUT2D eigenvalue weighted by molar-refractivity contribution is 9.10. The minimum Gasteiger partial charge on any atom is -0.332 e. The van der Waals surface area contributed by atoms with E-state index in [2.05, 4.69) is 31.1 Å². The summed E-state index contributed by atoms with van der Waals surface area (Å²) in [4.78, 5) is 5.46. The number of aromatic amines is 1. The molecule has 2 heterocycles. The van der Waals surface area contributed by atoms with Crippen LogP contribution in [-0.2, 0) is 12.1 Å². The van der Waals surface area contributed by atoms with E-state index in [-0.39, 0.29) is 0 Å². The van der Waals surface area contributed by atoms with Gasteiger partial charge in [0.05, 0.1) is 11.8 Å². The van der Waals surface area contributed by atoms with Crippen LogP contribution in [0.2, 0.25) is 0 Å². The second-order valence-electron chi connectivity index (χ2n) is 3.93. The number of nitrogens with one attached hydrogen (secondary N) is 1. The van der Waals surface area contributed by atoms with E-state index >= 15 is 0 Å². The van der Waals surface area contributed by atoms with Crippen LogP contribution in [0.25, 0.3) is 11.5 Å². The molecule has 0 unspecified atom stereocenters. The number of H-pyrrole nitrogens is 1. The Labute approximate surface area is 117 Å². The van der Waals surface area contributed by atoms with Gasteiger partial charge in [0, 0.05) is 6.92 Å². The fourth-order valence-electron chi connectivity index (χ4n) is 1.51. The van der Waals surface area contributed by atoms with Crippen molar-refractivity contribution in [1.82, 2.24) is 20.2 Å². The van der Waals surface area contributed by atoms with Gasteiger partial charge in [-0.1, -0.05) is 0 Å². The number of nitrogens with zero attached hydrogens (tertiary/aromatic N) is 3. The number of alkyl halides is 5. The Morgan fingerprint density at radius 1 is 1.20 bits per heavy atom. The number of halogens is 6. The van der Waals surface area contributed by atoms with Gasteiger partial charge in [0.25, 0.3) is 5.92 Å². The molecule has 0 radical (unpaired) electrons. The van der Waals surface area contributed by atoms with Gasteiger partial charge in [-0.3, -0.25) is 0 Å². The molecule has 4 nitrogen and oxygen atoms in total. The smallest absolute Gasteiger partial charge is 0.332 e. The maximum absolute atomic E-state index is 13.4. The second-order valence-corrected chi connectivity index (χ2v) is 4.68. The van der Waals surface area contributed by atoms with Crippen LogP contribution in [0.4, 0.5) is 22.0 Å². The molecular weight excluding hydrogens is 351 g/mol. The number of aromatic nitrogens is 4. The molecule has 0 bridgehead atoms. The van der Waals surface area contributed by atoms with E-state index < -0.39 is 39.5 Å². The van der Waals surface area contributed by atoms with Gasteiger partial charge in [-0.2, -0.15) is 18.3 Å². The summed E-state index contributed by atoms with van der Waals surface area (Å²) in [6.45, 7) is 0.607. The highest BCUT2D eigenvalue weighted by Crippen LogP contribution is 2.37. The predicted molar refractivity (Wildman–Crippen MR) is 61.9 cm³/mol. The van der Waals surface area contributed by atoms with Crippen molar-refractivity contribution in [2.24, 2.45) is 0 Å². The Kier molecular flexibility index (Phi) is 3.53. The first kappa shape index (κ1) is 14.8. The average molecular weight is 357 g/mol. The van der Waals surface area contributed by atoms with E-state index in [1.54, 1.807) is 0 Å². The molecule has 0 fully saturated rings. The molecule has 0 saturated carbocycles. The molecule has 0 saturated heterocycles. The maximum atomic E-state index is 13.4. The van der Waals surface area contributed by atoms with Crippen molar-refractivity contribution in [3.8, 4) is 11.5 Å². The Bertz CT molecular complexity index is 631. The summed E-state index contributed by atoms with van der Waals surface area (Å²) in [6, 6.07) is 0.978. The summed E-state index contributed by atoms with van der Waals surface area (Å²) >= 11 is 2.63. The Hall–Kier alpha value is -1.58. The van der Waals surface area contributed by atoms with Crippen molar-refractivity contribution in [3.05, 3.63) is 28.1 Å². The molecule has 1 N–H and O–H groups in total. The largest absolute Gasteiger partial charge is 0.433 e. The summed E-state index contributed by atoms with van der Waals surface area (Å²) in [7, 11) is 0. The zero-order valence-corrected chi connectivity index (χ0v) is 11.4. The van der Waals surface area contributed by atoms with Crippen molar-refractivity contribution in [2.75, 3.05) is 0 Å². The summed E-state index contributed by atoms with van der Waals surface area (Å²) < 4.78 is 64.1. The van der Waals surface area contributed by atoms with Gasteiger partial charge in [-0.25, -0.2) is 13.8 Å². The topological polar surface area (TPSA) is 54.5 Å². The molecule has 0 spiro atoms. The molecule has 0 atom stereocenters. The first-order valence-corrected chi connectivity index (χ1v) is 5.93. The fraction of sp³-hybridized carbons (Fsp3) is 0.300. The van der Waals surface area contributed by atoms with Crippen molar-refractivity contribution in [1.29, 1.82) is 0 Å². The van der Waals surface area contributed by atoms with Crippen molar-refractivity contribution >= 4 is 15.9 Å². The first-order valence-electron chi connectivity index (χ1n) is 5.13. The lowest BCUT2D eigenvalue weighted by atomic mass is 10.1. The van der Waals surface area contributed by atoms with Gasteiger partial charge in [0.1, 0.15) is 10.3 Å². The predicted octanol–water partition coefficient (Wildman–Crippen LogP) is 3.76. The van der Waals surface area contributed by atoms with E-state index in [4.69, 9.17) is 0 Å². The van der Waals surface area contributed by atoms with Crippen molar-refractivity contribution < 1.29 is 22.0 Å². The molecule has 2 aromatic rings. The zero-order valence-electron chi connectivity index (χ0n) is 9.76. The quantitative estimate of drug-likeness (QED) is 0.833. The second kappa shape index (κ2) is 4.76. The summed E-state index contributed by atoms with van der Waals surface area (Å²) in [6.07, 6.45) is -3.67. The lowest BCUT2D eigenvalue weighted by molar-refractivity contribution is -0.141. The normalized spacial score (nSPS) is 12.8. The Morgan fingerprint density at radius 3 is 2.35 bits per heavy atom. The van der Waals surface area contributed by atoms with Gasteiger partial charge in [-0.05, 0) is 22.0 Å². The summed E-state index contributed by atoms with van der Waals surface area (Å²) in [5, 5.41) is 6.84. The summed E-state index contributed by atoms with van der Waals surface area (Å²) in [5.41, 5.74) is -2.18. The lowest BCUT2D eigenvalue weighted by Gasteiger charge is -2.12. The third-order valence-electron chi connectivity index (χ3n) is 2.36. The number of imidazole rings is 1. The van der Waals surface area contributed by atoms with Gasteiger partial charge in [-0.15, -0.1) is 5.10 Å². The Balaban J connectivity index is 2.59. The molecule has 108 valence electrons. The van der Waals surface area contributed by atoms with Crippen molar-refractivity contribution in [3.63, 3.8) is 0 Å². The summed E-state index contributed by atoms with van der Waals surface area (Å²) in [5.74, 6) is -3.73. The number of hydrogen-bond acceptors (Lipinski definition) is 3. The van der Waals surface area contributed by atoms with Gasteiger partial charge in [0.15, 0.2) is 11.5 Å². The minimum atomic E-state index is -4.69. The highest BCUT2D eigenvalue weighted by Gasteiger charge is 2.38. The van der Waals surface area contributed by atoms with Crippen LogP contribution < -0.4 is 0 Å². The third-order valence-corrected chi connectivity index (χ3v) is 2.93. The van der Waals surface area contributed by atoms with E-state index in [0.717, 1.165) is 12.3 Å². The molecule has 0 aromatic carbocycles. The molecule has 0 aliphatic carbocycles. The van der Waals surface area contributed by atoms with E-state index in [1.165, 1.54) is 0 Å². The minimum absolute atomic E-state index is 0.434. The van der Waals surface area contributed by atoms with Crippen LogP contribution >= 0.6 is 15.9 Å². The molecule has 20 heavy (non-hydrogen) atoms. The van der Waals surface area contributed by atoms with Crippen LogP contribution in [-0.4, -0.2) is 20.2 Å². The molecule has 0 aliphatic rings. The fourth-order valence-corrected chi connectivity index (χ4v) is 2.01. The molecule has 2 rings (SSSR count). The van der Waals surface area contributed by atoms with Gasteiger partial charge < -0.3 is 4.98 Å². The molecule has 10 heteroatoms. The van der Waals surface area contributed by atoms with Crippen LogP contribution in [0.3, 0.4) is 0 Å². The first-order chi connectivity index (χ1) is 9.10. The standard InChI is InChI=1S/C10H6BrF5N4/c1-9(12,13)4-2-3-17-20-5(4)8-18-6(7(11)19-8)10(14,15)16/h2-3H,1H3,(H,18,19). The SMILES string of the molecule is CC(F)(F)c1ccnnc1-c1nc(Br)c(C(F)(F)F)[nH]1. The molecule has 0 amide bonds. The van der Waals surface area contributed by atoms with E-state index in [9.17, 15) is 22.0 Å². The van der Waals surface area contributed by atoms with Crippen LogP contribution in [0.15, 0.2) is 16.9 Å². The van der Waals surface area contributed by atoms with E-state index in [1.807, 2.05) is 4.98 Å². The van der Waals surface area contributed by atoms with Crippen LogP contribution in [0.5, 0.6) is 0 Å². The monoisotopic (exact) mass is 356 g/mol. The molecular formula is C10H6BrF5N4. The van der Waals surface area contributed by atoms with Crippen LogP contribution in [0, 0.1) is 0 Å². The Morgan fingerprint density at radius 2 is 1.85 bits per heavy atom. The van der Waals surface area contributed by atoms with Gasteiger partial charge >= 0.3 is 6.18 Å². The number of hydrogen-bond donors (Lipinski definition) is 1. The van der Waals surface area contributed by atoms with E-state index in [0.29, 0.717) is 6.92 Å². The maximum Gasteiger partial charge on any atom is 0.433 e. The highest BCUT2D eigenvalue weighted by atomic mass is 79.9. The third kappa shape index (κ3) is 2.79. The lowest BCUT2D eigenvalue weighted by Crippen LogP contribution is -2.11. The molecule has 0 aliphatic heterocycles. The van der Waals surface area contributed by atoms with Gasteiger partial charge in [0.2, 0.25) is 0 Å².